The molecule has 2 fully saturated rings. The third-order valence-electron chi connectivity index (χ3n) is 8.04. The summed E-state index contributed by atoms with van der Waals surface area (Å²) in [5.74, 6) is -0.870. The summed E-state index contributed by atoms with van der Waals surface area (Å²) in [7, 11) is -3.70. The molecule has 2 heterocycles. The van der Waals surface area contributed by atoms with E-state index in [9.17, 15) is 22.4 Å². The minimum atomic E-state index is -3.70. The van der Waals surface area contributed by atoms with Crippen LogP contribution in [0.5, 0.6) is 0 Å². The fourth-order valence-electron chi connectivity index (χ4n) is 5.62. The maximum atomic E-state index is 14.4. The van der Waals surface area contributed by atoms with Crippen LogP contribution in [0.3, 0.4) is 0 Å². The quantitative estimate of drug-likeness (QED) is 0.255. The molecule has 2 amide bonds. The van der Waals surface area contributed by atoms with Gasteiger partial charge in [-0.05, 0) is 68.0 Å². The van der Waals surface area contributed by atoms with E-state index in [1.54, 1.807) is 12.1 Å². The fraction of sp³-hybridized carbons (Fsp3) is 0.533. The van der Waals surface area contributed by atoms with Crippen molar-refractivity contribution < 1.29 is 27.1 Å². The molecular formula is C30H41BrFN5O5S. The molecule has 236 valence electrons. The summed E-state index contributed by atoms with van der Waals surface area (Å²) >= 11 is 3.25. The van der Waals surface area contributed by atoms with E-state index in [2.05, 4.69) is 31.3 Å². The van der Waals surface area contributed by atoms with Gasteiger partial charge in [-0.1, -0.05) is 46.3 Å². The van der Waals surface area contributed by atoms with Gasteiger partial charge in [-0.25, -0.2) is 17.5 Å². The lowest BCUT2D eigenvalue weighted by molar-refractivity contribution is -0.140. The number of likely N-dealkylation sites (tertiary alicyclic amines) is 1. The van der Waals surface area contributed by atoms with Crippen LogP contribution in [0.25, 0.3) is 0 Å². The van der Waals surface area contributed by atoms with Crippen molar-refractivity contribution in [3.8, 4) is 0 Å². The summed E-state index contributed by atoms with van der Waals surface area (Å²) in [6, 6.07) is 10.3. The Hall–Kier alpha value is -2.42. The minimum absolute atomic E-state index is 0.0334. The van der Waals surface area contributed by atoms with Gasteiger partial charge in [-0.15, -0.1) is 0 Å². The predicted molar refractivity (Wildman–Crippen MR) is 166 cm³/mol. The highest BCUT2D eigenvalue weighted by atomic mass is 79.9. The van der Waals surface area contributed by atoms with E-state index in [1.165, 1.54) is 11.0 Å². The number of amides is 2. The number of hydrogen-bond donors (Lipinski definition) is 4. The third-order valence-corrected chi connectivity index (χ3v) is 9.25. The van der Waals surface area contributed by atoms with Gasteiger partial charge in [-0.3, -0.25) is 9.59 Å². The van der Waals surface area contributed by atoms with Crippen LogP contribution in [0.4, 0.5) is 4.39 Å². The van der Waals surface area contributed by atoms with Crippen LogP contribution in [0.1, 0.15) is 48.8 Å². The number of benzene rings is 2. The minimum Gasteiger partial charge on any atom is -0.371 e. The summed E-state index contributed by atoms with van der Waals surface area (Å²) in [6.07, 6.45) is 3.61. The molecule has 2 saturated heterocycles. The Balaban J connectivity index is 1.49. The zero-order chi connectivity index (χ0) is 31.0. The molecule has 2 aromatic rings. The summed E-state index contributed by atoms with van der Waals surface area (Å²) in [5, 5.41) is 6.23. The molecule has 0 bridgehead atoms. The second-order valence-electron chi connectivity index (χ2n) is 11.4. The number of halogens is 2. The fourth-order valence-corrected chi connectivity index (χ4v) is 6.69. The van der Waals surface area contributed by atoms with Gasteiger partial charge in [0.1, 0.15) is 17.9 Å². The van der Waals surface area contributed by atoms with Gasteiger partial charge in [0.05, 0.1) is 19.0 Å². The molecule has 2 aliphatic heterocycles. The van der Waals surface area contributed by atoms with Crippen LogP contribution in [0, 0.1) is 11.7 Å². The lowest BCUT2D eigenvalue weighted by Crippen LogP contribution is -2.53. The van der Waals surface area contributed by atoms with Gasteiger partial charge >= 0.3 is 0 Å². The molecule has 3 atom stereocenters. The summed E-state index contributed by atoms with van der Waals surface area (Å²) in [4.78, 5) is 28.8. The molecule has 43 heavy (non-hydrogen) atoms. The Kier molecular flexibility index (Phi) is 12.1. The number of carbonyl (C=O) groups excluding carboxylic acids is 2. The van der Waals surface area contributed by atoms with Crippen molar-refractivity contribution in [1.82, 2.24) is 20.3 Å². The highest BCUT2D eigenvalue weighted by molar-refractivity contribution is 9.10. The summed E-state index contributed by atoms with van der Waals surface area (Å²) < 4.78 is 48.1. The van der Waals surface area contributed by atoms with Crippen molar-refractivity contribution >= 4 is 37.8 Å². The number of nitrogens with two attached hydrogens (primary N) is 1. The Labute approximate surface area is 261 Å². The van der Waals surface area contributed by atoms with E-state index in [-0.39, 0.29) is 32.0 Å². The zero-order valence-electron chi connectivity index (χ0n) is 24.4. The number of nitrogens with one attached hydrogen (secondary N) is 3. The molecule has 0 radical (unpaired) electrons. The first-order chi connectivity index (χ1) is 20.5. The van der Waals surface area contributed by atoms with Crippen LogP contribution in [0.2, 0.25) is 0 Å². The molecule has 0 spiro atoms. The summed E-state index contributed by atoms with van der Waals surface area (Å²) in [6.45, 7) is 2.49. The molecule has 2 aliphatic rings. The van der Waals surface area contributed by atoms with E-state index in [1.807, 2.05) is 24.3 Å². The highest BCUT2D eigenvalue weighted by Crippen LogP contribution is 2.26. The van der Waals surface area contributed by atoms with Gasteiger partial charge in [0, 0.05) is 36.1 Å². The van der Waals surface area contributed by atoms with E-state index in [0.717, 1.165) is 43.3 Å². The van der Waals surface area contributed by atoms with Gasteiger partial charge in [0.25, 0.3) is 0 Å². The number of carbonyl (C=O) groups is 2. The monoisotopic (exact) mass is 681 g/mol. The van der Waals surface area contributed by atoms with Gasteiger partial charge in [0.2, 0.25) is 21.8 Å². The van der Waals surface area contributed by atoms with Gasteiger partial charge in [0.15, 0.2) is 0 Å². The lowest BCUT2D eigenvalue weighted by Gasteiger charge is -2.30. The molecular weight excluding hydrogens is 641 g/mol. The van der Waals surface area contributed by atoms with Crippen molar-refractivity contribution in [2.45, 2.75) is 70.0 Å². The second kappa shape index (κ2) is 15.5. The topological polar surface area (TPSA) is 143 Å². The van der Waals surface area contributed by atoms with Crippen LogP contribution in [0.15, 0.2) is 46.9 Å². The number of sulfonamides is 1. The van der Waals surface area contributed by atoms with E-state index in [0.29, 0.717) is 35.3 Å². The smallest absolute Gasteiger partial charge is 0.243 e. The second-order valence-corrected chi connectivity index (χ2v) is 14.1. The first-order valence-electron chi connectivity index (χ1n) is 14.6. The predicted octanol–water partition coefficient (Wildman–Crippen LogP) is 2.55. The maximum Gasteiger partial charge on any atom is 0.243 e. The van der Waals surface area contributed by atoms with E-state index >= 15 is 0 Å². The molecule has 0 aromatic heterocycles. The zero-order valence-corrected chi connectivity index (χ0v) is 26.8. The Morgan fingerprint density at radius 3 is 2.51 bits per heavy atom. The Morgan fingerprint density at radius 1 is 1.16 bits per heavy atom. The average molecular weight is 683 g/mol. The normalized spacial score (nSPS) is 20.2. The number of ether oxygens (including phenoxy) is 1. The molecule has 0 aliphatic carbocycles. The SMILES string of the molecule is CS(=O)(=O)N[C@H](CCC1CCNCC1)C(=O)N1C[C@H](OCc2ccc(Br)cc2F)C[C@H]1C(=O)NCc1ccc(CN)cc1. The first kappa shape index (κ1) is 33.5. The largest absolute Gasteiger partial charge is 0.371 e. The van der Waals surface area contributed by atoms with Gasteiger partial charge < -0.3 is 26.0 Å². The van der Waals surface area contributed by atoms with Crippen molar-refractivity contribution in [3.63, 3.8) is 0 Å². The Bertz CT molecular complexity index is 1360. The van der Waals surface area contributed by atoms with E-state index in [4.69, 9.17) is 10.5 Å². The van der Waals surface area contributed by atoms with Crippen molar-refractivity contribution in [2.24, 2.45) is 11.7 Å². The number of nitrogens with zero attached hydrogens (tertiary/aromatic N) is 1. The third kappa shape index (κ3) is 10.0. The average Bonchev–Trinajstić information content (AvgIpc) is 3.42. The molecule has 10 nitrogen and oxygen atoms in total. The molecule has 2 aromatic carbocycles. The summed E-state index contributed by atoms with van der Waals surface area (Å²) in [5.41, 5.74) is 7.88. The highest BCUT2D eigenvalue weighted by Gasteiger charge is 2.42. The number of piperidine rings is 1. The van der Waals surface area contributed by atoms with Crippen LogP contribution in [-0.2, 0) is 44.0 Å². The van der Waals surface area contributed by atoms with Crippen molar-refractivity contribution in [3.05, 3.63) is 69.4 Å². The number of rotatable bonds is 13. The van der Waals surface area contributed by atoms with E-state index < -0.39 is 39.9 Å². The molecule has 0 saturated carbocycles. The maximum absolute atomic E-state index is 14.4. The first-order valence-corrected chi connectivity index (χ1v) is 17.3. The molecule has 13 heteroatoms. The number of hydrogen-bond acceptors (Lipinski definition) is 7. The Morgan fingerprint density at radius 2 is 1.86 bits per heavy atom. The van der Waals surface area contributed by atoms with Crippen molar-refractivity contribution in [2.75, 3.05) is 25.9 Å². The van der Waals surface area contributed by atoms with Crippen LogP contribution in [-0.4, -0.2) is 69.2 Å². The molecule has 0 unspecified atom stereocenters. The molecule has 5 N–H and O–H groups in total. The standard InChI is InChI=1S/C30H41BrFN5O5S/c1-43(40,41)36-27(9-6-20-10-12-34-13-11-20)30(39)37-18-25(42-19-23-7-8-24(31)14-26(23)32)15-28(37)29(38)35-17-22-4-2-21(16-33)3-5-22/h2-5,7-8,14,20,25,27-28,34,36H,6,9-13,15-19,33H2,1H3,(H,35,38)/t25-,27-,28+/m1/s1. The van der Waals surface area contributed by atoms with Gasteiger partial charge in [-0.2, -0.15) is 0 Å². The van der Waals surface area contributed by atoms with Crippen LogP contribution >= 0.6 is 15.9 Å². The lowest BCUT2D eigenvalue weighted by atomic mass is 9.91. The molecule has 4 rings (SSSR count). The van der Waals surface area contributed by atoms with Crippen LogP contribution < -0.4 is 21.1 Å². The van der Waals surface area contributed by atoms with Crippen molar-refractivity contribution in [1.29, 1.82) is 0 Å².